The normalized spacial score (nSPS) is 11.5. The second-order valence-corrected chi connectivity index (χ2v) is 7.24. The van der Waals surface area contributed by atoms with Crippen molar-refractivity contribution in [1.29, 1.82) is 0 Å². The van der Waals surface area contributed by atoms with Crippen molar-refractivity contribution in [1.82, 2.24) is 0 Å². The SMILES string of the molecule is Cc1ccc(S(=O)(=O)Cc2ccc(-c3ccco3)cc2)cc1. The fraction of sp³-hybridized carbons (Fsp3) is 0.111. The highest BCUT2D eigenvalue weighted by Crippen LogP contribution is 2.22. The van der Waals surface area contributed by atoms with Gasteiger partial charge in [0, 0.05) is 5.56 Å². The maximum Gasteiger partial charge on any atom is 0.182 e. The highest BCUT2D eigenvalue weighted by Gasteiger charge is 2.15. The first-order valence-electron chi connectivity index (χ1n) is 6.97. The van der Waals surface area contributed by atoms with Gasteiger partial charge in [-0.15, -0.1) is 0 Å². The molecular formula is C18H16O3S. The third kappa shape index (κ3) is 3.12. The predicted octanol–water partition coefficient (Wildman–Crippen LogP) is 4.23. The molecule has 1 aromatic heterocycles. The Kier molecular flexibility index (Phi) is 3.86. The van der Waals surface area contributed by atoms with E-state index in [0.717, 1.165) is 22.5 Å². The van der Waals surface area contributed by atoms with Crippen molar-refractivity contribution in [3.05, 3.63) is 78.1 Å². The number of rotatable bonds is 4. The molecule has 3 aromatic rings. The minimum Gasteiger partial charge on any atom is -0.464 e. The van der Waals surface area contributed by atoms with E-state index in [-0.39, 0.29) is 5.75 Å². The third-order valence-electron chi connectivity index (χ3n) is 3.50. The molecule has 0 spiro atoms. The van der Waals surface area contributed by atoms with Gasteiger partial charge in [-0.1, -0.05) is 42.0 Å². The van der Waals surface area contributed by atoms with Crippen LogP contribution in [0.3, 0.4) is 0 Å². The maximum atomic E-state index is 12.4. The molecule has 112 valence electrons. The zero-order chi connectivity index (χ0) is 15.6. The van der Waals surface area contributed by atoms with Crippen molar-refractivity contribution in [3.63, 3.8) is 0 Å². The van der Waals surface area contributed by atoms with Gasteiger partial charge < -0.3 is 4.42 Å². The third-order valence-corrected chi connectivity index (χ3v) is 5.20. The molecule has 3 rings (SSSR count). The topological polar surface area (TPSA) is 47.3 Å². The molecule has 0 atom stereocenters. The molecule has 2 aromatic carbocycles. The van der Waals surface area contributed by atoms with E-state index in [2.05, 4.69) is 0 Å². The second-order valence-electron chi connectivity index (χ2n) is 5.25. The first-order chi connectivity index (χ1) is 10.5. The summed E-state index contributed by atoms with van der Waals surface area (Å²) in [5.74, 6) is 0.766. The maximum absolute atomic E-state index is 12.4. The van der Waals surface area contributed by atoms with Gasteiger partial charge in [-0.25, -0.2) is 8.42 Å². The summed E-state index contributed by atoms with van der Waals surface area (Å²) < 4.78 is 30.1. The number of hydrogen-bond acceptors (Lipinski definition) is 3. The van der Waals surface area contributed by atoms with E-state index in [4.69, 9.17) is 4.42 Å². The minimum absolute atomic E-state index is 0.00546. The Morgan fingerprint density at radius 2 is 1.59 bits per heavy atom. The Balaban J connectivity index is 1.82. The molecule has 22 heavy (non-hydrogen) atoms. The van der Waals surface area contributed by atoms with Gasteiger partial charge in [0.25, 0.3) is 0 Å². The molecule has 0 bridgehead atoms. The highest BCUT2D eigenvalue weighted by atomic mass is 32.2. The minimum atomic E-state index is -3.32. The van der Waals surface area contributed by atoms with Gasteiger partial charge in [-0.2, -0.15) is 0 Å². The van der Waals surface area contributed by atoms with E-state index in [1.807, 2.05) is 55.5 Å². The molecule has 0 fully saturated rings. The summed E-state index contributed by atoms with van der Waals surface area (Å²) in [5.41, 5.74) is 2.74. The molecule has 0 aliphatic carbocycles. The first kappa shape index (κ1) is 14.6. The Labute approximate surface area is 130 Å². The molecule has 1 heterocycles. The molecule has 0 radical (unpaired) electrons. The van der Waals surface area contributed by atoms with E-state index in [1.54, 1.807) is 18.4 Å². The molecule has 0 saturated heterocycles. The molecule has 4 heteroatoms. The molecular weight excluding hydrogens is 296 g/mol. The highest BCUT2D eigenvalue weighted by molar-refractivity contribution is 7.90. The van der Waals surface area contributed by atoms with Crippen molar-refractivity contribution in [3.8, 4) is 11.3 Å². The van der Waals surface area contributed by atoms with Crippen LogP contribution in [0.15, 0.2) is 76.2 Å². The van der Waals surface area contributed by atoms with Gasteiger partial charge in [0.05, 0.1) is 16.9 Å². The van der Waals surface area contributed by atoms with Crippen molar-refractivity contribution < 1.29 is 12.8 Å². The van der Waals surface area contributed by atoms with Gasteiger partial charge >= 0.3 is 0 Å². The average molecular weight is 312 g/mol. The Hall–Kier alpha value is -2.33. The summed E-state index contributed by atoms with van der Waals surface area (Å²) in [7, 11) is -3.32. The molecule has 0 unspecified atom stereocenters. The van der Waals surface area contributed by atoms with Crippen molar-refractivity contribution in [2.45, 2.75) is 17.6 Å². The summed E-state index contributed by atoms with van der Waals surface area (Å²) in [5, 5.41) is 0. The van der Waals surface area contributed by atoms with Crippen LogP contribution in [0.5, 0.6) is 0 Å². The standard InChI is InChI=1S/C18H16O3S/c1-14-4-10-17(11-5-14)22(19,20)13-15-6-8-16(9-7-15)18-3-2-12-21-18/h2-12H,13H2,1H3. The largest absolute Gasteiger partial charge is 0.464 e. The first-order valence-corrected chi connectivity index (χ1v) is 8.62. The summed E-state index contributed by atoms with van der Waals surface area (Å²) in [4.78, 5) is 0.355. The molecule has 0 aliphatic rings. The molecule has 0 amide bonds. The summed E-state index contributed by atoms with van der Waals surface area (Å²) in [6.07, 6.45) is 1.62. The van der Waals surface area contributed by atoms with Crippen LogP contribution in [0.2, 0.25) is 0 Å². The van der Waals surface area contributed by atoms with Crippen LogP contribution in [0.25, 0.3) is 11.3 Å². The van der Waals surface area contributed by atoms with E-state index < -0.39 is 9.84 Å². The van der Waals surface area contributed by atoms with E-state index in [0.29, 0.717) is 4.90 Å². The lowest BCUT2D eigenvalue weighted by Gasteiger charge is -2.06. The van der Waals surface area contributed by atoms with Crippen LogP contribution >= 0.6 is 0 Å². The Morgan fingerprint density at radius 3 is 2.18 bits per heavy atom. The zero-order valence-electron chi connectivity index (χ0n) is 12.2. The Morgan fingerprint density at radius 1 is 0.909 bits per heavy atom. The second kappa shape index (κ2) is 5.81. The lowest BCUT2D eigenvalue weighted by Crippen LogP contribution is -2.04. The number of benzene rings is 2. The number of aryl methyl sites for hydroxylation is 1. The van der Waals surface area contributed by atoms with Gasteiger partial charge in [-0.3, -0.25) is 0 Å². The Bertz CT molecular complexity index is 844. The van der Waals surface area contributed by atoms with Crippen LogP contribution in [0, 0.1) is 6.92 Å². The lowest BCUT2D eigenvalue weighted by molar-refractivity contribution is 0.582. The van der Waals surface area contributed by atoms with Gasteiger partial charge in [0.15, 0.2) is 9.84 Å². The predicted molar refractivity (Wildman–Crippen MR) is 86.2 cm³/mol. The summed E-state index contributed by atoms with van der Waals surface area (Å²) >= 11 is 0. The molecule has 0 saturated carbocycles. The molecule has 0 aliphatic heterocycles. The van der Waals surface area contributed by atoms with Crippen LogP contribution in [0.1, 0.15) is 11.1 Å². The van der Waals surface area contributed by atoms with Crippen LogP contribution in [-0.4, -0.2) is 8.42 Å². The zero-order valence-corrected chi connectivity index (χ0v) is 13.0. The quantitative estimate of drug-likeness (QED) is 0.724. The molecule has 0 N–H and O–H groups in total. The summed E-state index contributed by atoms with van der Waals surface area (Å²) in [6, 6.07) is 18.0. The van der Waals surface area contributed by atoms with Crippen molar-refractivity contribution in [2.24, 2.45) is 0 Å². The van der Waals surface area contributed by atoms with Crippen LogP contribution in [0.4, 0.5) is 0 Å². The van der Waals surface area contributed by atoms with Gasteiger partial charge in [0.2, 0.25) is 0 Å². The van der Waals surface area contributed by atoms with Crippen LogP contribution < -0.4 is 0 Å². The number of sulfone groups is 1. The van der Waals surface area contributed by atoms with Crippen molar-refractivity contribution in [2.75, 3.05) is 0 Å². The average Bonchev–Trinajstić information content (AvgIpc) is 3.02. The van der Waals surface area contributed by atoms with E-state index in [1.165, 1.54) is 0 Å². The van der Waals surface area contributed by atoms with Gasteiger partial charge in [-0.05, 0) is 36.8 Å². The number of furan rings is 1. The van der Waals surface area contributed by atoms with E-state index >= 15 is 0 Å². The monoisotopic (exact) mass is 312 g/mol. The van der Waals surface area contributed by atoms with Crippen molar-refractivity contribution >= 4 is 9.84 Å². The van der Waals surface area contributed by atoms with E-state index in [9.17, 15) is 8.42 Å². The lowest BCUT2D eigenvalue weighted by atomic mass is 10.1. The fourth-order valence-corrected chi connectivity index (χ4v) is 3.61. The van der Waals surface area contributed by atoms with Gasteiger partial charge in [0.1, 0.15) is 5.76 Å². The summed E-state index contributed by atoms with van der Waals surface area (Å²) in [6.45, 7) is 1.93. The smallest absolute Gasteiger partial charge is 0.182 e. The van der Waals surface area contributed by atoms with Crippen LogP contribution in [-0.2, 0) is 15.6 Å². The number of hydrogen-bond donors (Lipinski definition) is 0. The fourth-order valence-electron chi connectivity index (χ4n) is 2.26. The molecule has 3 nitrogen and oxygen atoms in total.